The number of rotatable bonds is 1. The second-order valence-corrected chi connectivity index (χ2v) is 4.83. The van der Waals surface area contributed by atoms with Gasteiger partial charge in [0.2, 0.25) is 0 Å². The quantitative estimate of drug-likeness (QED) is 0.717. The van der Waals surface area contributed by atoms with Gasteiger partial charge in [-0.25, -0.2) is 0 Å². The summed E-state index contributed by atoms with van der Waals surface area (Å²) in [7, 11) is 0. The van der Waals surface area contributed by atoms with Crippen molar-refractivity contribution in [2.75, 3.05) is 13.1 Å². The molecular formula is C11H18F3N. The van der Waals surface area contributed by atoms with Crippen LogP contribution in [0.25, 0.3) is 0 Å². The van der Waals surface area contributed by atoms with Crippen LogP contribution in [0.15, 0.2) is 0 Å². The molecule has 4 heteroatoms. The Morgan fingerprint density at radius 1 is 0.933 bits per heavy atom. The van der Waals surface area contributed by atoms with E-state index in [0.29, 0.717) is 12.3 Å². The topological polar surface area (TPSA) is 12.0 Å². The second-order valence-electron chi connectivity index (χ2n) is 4.83. The summed E-state index contributed by atoms with van der Waals surface area (Å²) >= 11 is 0. The lowest BCUT2D eigenvalue weighted by atomic mass is 9.78. The van der Waals surface area contributed by atoms with Crippen LogP contribution >= 0.6 is 0 Å². The Labute approximate surface area is 88.4 Å². The predicted octanol–water partition coefficient (Wildman–Crippen LogP) is 2.96. The maximum atomic E-state index is 12.8. The van der Waals surface area contributed by atoms with Crippen molar-refractivity contribution < 1.29 is 13.2 Å². The fourth-order valence-corrected chi connectivity index (χ4v) is 3.23. The molecule has 0 bridgehead atoms. The third-order valence-corrected chi connectivity index (χ3v) is 3.98. The zero-order valence-electron chi connectivity index (χ0n) is 8.82. The molecule has 88 valence electrons. The molecule has 0 spiro atoms. The molecule has 0 aromatic heterocycles. The molecule has 2 rings (SSSR count). The molecule has 2 aliphatic rings. The lowest BCUT2D eigenvalue weighted by Gasteiger charge is -2.32. The van der Waals surface area contributed by atoms with Gasteiger partial charge in [-0.3, -0.25) is 0 Å². The van der Waals surface area contributed by atoms with Crippen LogP contribution in [-0.4, -0.2) is 19.3 Å². The first-order chi connectivity index (χ1) is 7.09. The van der Waals surface area contributed by atoms with Gasteiger partial charge in [0.15, 0.2) is 0 Å². The molecule has 0 aromatic carbocycles. The molecule has 0 amide bonds. The van der Waals surface area contributed by atoms with E-state index in [2.05, 4.69) is 5.32 Å². The first-order valence-electron chi connectivity index (χ1n) is 5.86. The van der Waals surface area contributed by atoms with Gasteiger partial charge in [-0.05, 0) is 50.6 Å². The molecular weight excluding hydrogens is 203 g/mol. The summed E-state index contributed by atoms with van der Waals surface area (Å²) in [5.74, 6) is -0.798. The highest BCUT2D eigenvalue weighted by Gasteiger charge is 2.49. The number of halogens is 3. The molecule has 15 heavy (non-hydrogen) atoms. The van der Waals surface area contributed by atoms with Crippen molar-refractivity contribution in [3.63, 3.8) is 0 Å². The second kappa shape index (κ2) is 4.32. The van der Waals surface area contributed by atoms with Crippen molar-refractivity contribution in [1.82, 2.24) is 5.32 Å². The summed E-state index contributed by atoms with van der Waals surface area (Å²) in [6.07, 6.45) is -0.202. The van der Waals surface area contributed by atoms with Crippen LogP contribution < -0.4 is 5.32 Å². The Balaban J connectivity index is 2.00. The Bertz CT molecular complexity index is 208. The molecule has 2 unspecified atom stereocenters. The van der Waals surface area contributed by atoms with Crippen LogP contribution in [0.2, 0.25) is 0 Å². The van der Waals surface area contributed by atoms with Gasteiger partial charge < -0.3 is 5.32 Å². The molecule has 0 radical (unpaired) electrons. The number of nitrogens with one attached hydrogen (secondary N) is 1. The van der Waals surface area contributed by atoms with Crippen molar-refractivity contribution in [2.24, 2.45) is 17.8 Å². The highest BCUT2D eigenvalue weighted by Crippen LogP contribution is 2.47. The summed E-state index contributed by atoms with van der Waals surface area (Å²) < 4.78 is 38.3. The van der Waals surface area contributed by atoms with Gasteiger partial charge in [0, 0.05) is 0 Å². The van der Waals surface area contributed by atoms with Crippen molar-refractivity contribution >= 4 is 0 Å². The summed E-state index contributed by atoms with van der Waals surface area (Å²) in [5.41, 5.74) is 0. The van der Waals surface area contributed by atoms with E-state index in [9.17, 15) is 13.2 Å². The monoisotopic (exact) mass is 221 g/mol. The van der Waals surface area contributed by atoms with Crippen LogP contribution in [0.5, 0.6) is 0 Å². The van der Waals surface area contributed by atoms with Crippen LogP contribution in [-0.2, 0) is 0 Å². The lowest BCUT2D eigenvalue weighted by molar-refractivity contribution is -0.188. The van der Waals surface area contributed by atoms with Crippen LogP contribution in [0.1, 0.15) is 32.1 Å². The highest BCUT2D eigenvalue weighted by atomic mass is 19.4. The van der Waals surface area contributed by atoms with Crippen LogP contribution in [0.3, 0.4) is 0 Å². The zero-order chi connectivity index (χ0) is 10.9. The molecule has 1 N–H and O–H groups in total. The highest BCUT2D eigenvalue weighted by molar-refractivity contribution is 4.88. The molecule has 1 heterocycles. The Kier molecular flexibility index (Phi) is 3.24. The molecule has 0 aromatic rings. The molecule has 1 aliphatic heterocycles. The van der Waals surface area contributed by atoms with Gasteiger partial charge in [-0.1, -0.05) is 6.42 Å². The maximum Gasteiger partial charge on any atom is 0.392 e. The van der Waals surface area contributed by atoms with Crippen LogP contribution in [0.4, 0.5) is 13.2 Å². The standard InChI is InChI=1S/C11H18F3N/c12-11(13,14)10-3-1-2-9(10)8-4-6-15-7-5-8/h8-10,15H,1-7H2. The van der Waals surface area contributed by atoms with E-state index in [4.69, 9.17) is 0 Å². The Morgan fingerprint density at radius 2 is 1.60 bits per heavy atom. The molecule has 1 nitrogen and oxygen atoms in total. The average molecular weight is 221 g/mol. The van der Waals surface area contributed by atoms with Crippen molar-refractivity contribution in [3.8, 4) is 0 Å². The third-order valence-electron chi connectivity index (χ3n) is 3.98. The molecule has 1 saturated carbocycles. The fourth-order valence-electron chi connectivity index (χ4n) is 3.23. The minimum Gasteiger partial charge on any atom is -0.317 e. The molecule has 1 aliphatic carbocycles. The van der Waals surface area contributed by atoms with Crippen LogP contribution in [0, 0.1) is 17.8 Å². The van der Waals surface area contributed by atoms with Gasteiger partial charge in [0.25, 0.3) is 0 Å². The van der Waals surface area contributed by atoms with Crippen molar-refractivity contribution in [3.05, 3.63) is 0 Å². The SMILES string of the molecule is FC(F)(F)C1CCCC1C1CCNCC1. The molecule has 2 atom stereocenters. The van der Waals surface area contributed by atoms with E-state index in [1.165, 1.54) is 0 Å². The maximum absolute atomic E-state index is 12.8. The van der Waals surface area contributed by atoms with Crippen molar-refractivity contribution in [2.45, 2.75) is 38.3 Å². The normalized spacial score (nSPS) is 34.6. The number of hydrogen-bond donors (Lipinski definition) is 1. The van der Waals surface area contributed by atoms with E-state index < -0.39 is 12.1 Å². The van der Waals surface area contributed by atoms with Gasteiger partial charge >= 0.3 is 6.18 Å². The minimum atomic E-state index is -3.97. The summed E-state index contributed by atoms with van der Waals surface area (Å²) in [6, 6.07) is 0. The Hall–Kier alpha value is -0.250. The predicted molar refractivity (Wildman–Crippen MR) is 52.5 cm³/mol. The first-order valence-corrected chi connectivity index (χ1v) is 5.86. The molecule has 2 fully saturated rings. The average Bonchev–Trinajstić information content (AvgIpc) is 2.67. The number of piperidine rings is 1. The fraction of sp³-hybridized carbons (Fsp3) is 1.00. The van der Waals surface area contributed by atoms with Gasteiger partial charge in [0.1, 0.15) is 0 Å². The van der Waals surface area contributed by atoms with E-state index in [-0.39, 0.29) is 5.92 Å². The van der Waals surface area contributed by atoms with Gasteiger partial charge in [0.05, 0.1) is 5.92 Å². The first kappa shape index (κ1) is 11.2. The number of hydrogen-bond acceptors (Lipinski definition) is 1. The lowest BCUT2D eigenvalue weighted by Crippen LogP contribution is -2.36. The van der Waals surface area contributed by atoms with Gasteiger partial charge in [-0.15, -0.1) is 0 Å². The molecule has 1 saturated heterocycles. The largest absolute Gasteiger partial charge is 0.392 e. The number of alkyl halides is 3. The third kappa shape index (κ3) is 2.47. The van der Waals surface area contributed by atoms with E-state index in [0.717, 1.165) is 38.8 Å². The minimum absolute atomic E-state index is 0.0906. The van der Waals surface area contributed by atoms with Crippen molar-refractivity contribution in [1.29, 1.82) is 0 Å². The van der Waals surface area contributed by atoms with Gasteiger partial charge in [-0.2, -0.15) is 13.2 Å². The smallest absolute Gasteiger partial charge is 0.317 e. The Morgan fingerprint density at radius 3 is 2.20 bits per heavy atom. The van der Waals surface area contributed by atoms with E-state index in [1.807, 2.05) is 0 Å². The zero-order valence-corrected chi connectivity index (χ0v) is 8.82. The summed E-state index contributed by atoms with van der Waals surface area (Å²) in [5, 5.41) is 3.21. The van der Waals surface area contributed by atoms with E-state index in [1.54, 1.807) is 0 Å². The summed E-state index contributed by atoms with van der Waals surface area (Å²) in [4.78, 5) is 0. The van der Waals surface area contributed by atoms with E-state index >= 15 is 0 Å². The summed E-state index contributed by atoms with van der Waals surface area (Å²) in [6.45, 7) is 1.79.